The molecule has 0 spiro atoms. The molecule has 0 aliphatic carbocycles. The van der Waals surface area contributed by atoms with E-state index in [-0.39, 0.29) is 0 Å². The van der Waals surface area contributed by atoms with Gasteiger partial charge in [0.2, 0.25) is 0 Å². The third kappa shape index (κ3) is 2.49. The molecule has 1 aromatic carbocycles. The van der Waals surface area contributed by atoms with Crippen molar-refractivity contribution in [3.05, 3.63) is 29.8 Å². The van der Waals surface area contributed by atoms with Gasteiger partial charge in [-0.3, -0.25) is 0 Å². The summed E-state index contributed by atoms with van der Waals surface area (Å²) in [6, 6.07) is 8.24. The number of carboxylic acids is 1. The Balaban J connectivity index is 2.70. The molecule has 0 bridgehead atoms. The number of hydrogen-bond donors (Lipinski definition) is 1. The number of aliphatic carboxylic acids is 1. The minimum atomic E-state index is -1.02. The van der Waals surface area contributed by atoms with Gasteiger partial charge in [-0.1, -0.05) is 0 Å². The van der Waals surface area contributed by atoms with Crippen LogP contribution < -0.4 is 4.74 Å². The van der Waals surface area contributed by atoms with E-state index in [1.807, 2.05) is 6.07 Å². The highest BCUT2D eigenvalue weighted by Gasteiger charge is 2.11. The number of nitriles is 1. The molecule has 1 atom stereocenters. The molecule has 0 saturated heterocycles. The Hall–Kier alpha value is -2.02. The molecule has 1 rings (SSSR count). The van der Waals surface area contributed by atoms with Crippen molar-refractivity contribution in [3.8, 4) is 11.8 Å². The average Bonchev–Trinajstić information content (AvgIpc) is 2.19. The van der Waals surface area contributed by atoms with Crippen LogP contribution in [0.4, 0.5) is 0 Å². The number of benzene rings is 1. The van der Waals surface area contributed by atoms with Crippen LogP contribution in [0.2, 0.25) is 0 Å². The molecule has 0 heterocycles. The zero-order valence-electron chi connectivity index (χ0n) is 7.60. The fraction of sp³-hybridized carbons (Fsp3) is 0.200. The van der Waals surface area contributed by atoms with E-state index in [1.54, 1.807) is 24.3 Å². The SMILES string of the molecule is C[C@@H](Oc1ccc(C#N)cc1)C(=O)O. The molecule has 72 valence electrons. The molecule has 4 heteroatoms. The predicted octanol–water partition coefficient (Wildman–Crippen LogP) is 1.41. The lowest BCUT2D eigenvalue weighted by Crippen LogP contribution is -2.22. The van der Waals surface area contributed by atoms with Crippen LogP contribution in [-0.4, -0.2) is 17.2 Å². The van der Waals surface area contributed by atoms with Crippen molar-refractivity contribution >= 4 is 5.97 Å². The minimum Gasteiger partial charge on any atom is -0.479 e. The lowest BCUT2D eigenvalue weighted by atomic mass is 10.2. The van der Waals surface area contributed by atoms with Gasteiger partial charge < -0.3 is 9.84 Å². The average molecular weight is 191 g/mol. The van der Waals surface area contributed by atoms with Crippen LogP contribution >= 0.6 is 0 Å². The molecule has 0 aliphatic rings. The molecule has 1 aromatic rings. The quantitative estimate of drug-likeness (QED) is 0.784. The summed E-state index contributed by atoms with van der Waals surface area (Å²) in [5.41, 5.74) is 0.514. The summed E-state index contributed by atoms with van der Waals surface area (Å²) in [5, 5.41) is 17.1. The Labute approximate surface area is 81.4 Å². The topological polar surface area (TPSA) is 70.3 Å². The van der Waals surface area contributed by atoms with E-state index in [4.69, 9.17) is 15.1 Å². The minimum absolute atomic E-state index is 0.443. The van der Waals surface area contributed by atoms with Crippen LogP contribution in [-0.2, 0) is 4.79 Å². The number of hydrogen-bond acceptors (Lipinski definition) is 3. The maximum atomic E-state index is 10.4. The van der Waals surface area contributed by atoms with E-state index in [9.17, 15) is 4.79 Å². The van der Waals surface area contributed by atoms with E-state index in [0.29, 0.717) is 11.3 Å². The summed E-state index contributed by atoms with van der Waals surface area (Å²) < 4.78 is 5.07. The second-order valence-electron chi connectivity index (χ2n) is 2.73. The van der Waals surface area contributed by atoms with E-state index in [0.717, 1.165) is 0 Å². The normalized spacial score (nSPS) is 11.4. The zero-order chi connectivity index (χ0) is 10.6. The van der Waals surface area contributed by atoms with Gasteiger partial charge in [-0.25, -0.2) is 4.79 Å². The lowest BCUT2D eigenvalue weighted by Gasteiger charge is -2.09. The Kier molecular flexibility index (Phi) is 3.08. The molecule has 14 heavy (non-hydrogen) atoms. The van der Waals surface area contributed by atoms with Crippen molar-refractivity contribution in [1.29, 1.82) is 5.26 Å². The highest BCUT2D eigenvalue weighted by atomic mass is 16.5. The largest absolute Gasteiger partial charge is 0.479 e. The van der Waals surface area contributed by atoms with Gasteiger partial charge in [0.25, 0.3) is 0 Å². The van der Waals surface area contributed by atoms with E-state index in [2.05, 4.69) is 0 Å². The summed E-state index contributed by atoms with van der Waals surface area (Å²) >= 11 is 0. The van der Waals surface area contributed by atoms with Gasteiger partial charge in [-0.05, 0) is 31.2 Å². The maximum absolute atomic E-state index is 10.4. The smallest absolute Gasteiger partial charge is 0.344 e. The Morgan fingerprint density at radius 2 is 2.07 bits per heavy atom. The third-order valence-corrected chi connectivity index (χ3v) is 1.64. The fourth-order valence-electron chi connectivity index (χ4n) is 0.863. The van der Waals surface area contributed by atoms with Crippen molar-refractivity contribution in [2.75, 3.05) is 0 Å². The maximum Gasteiger partial charge on any atom is 0.344 e. The van der Waals surface area contributed by atoms with Crippen LogP contribution in [0.1, 0.15) is 12.5 Å². The van der Waals surface area contributed by atoms with Gasteiger partial charge >= 0.3 is 5.97 Å². The van der Waals surface area contributed by atoms with Crippen LogP contribution in [0.15, 0.2) is 24.3 Å². The number of carbonyl (C=O) groups is 1. The number of carboxylic acid groups (broad SMARTS) is 1. The van der Waals surface area contributed by atoms with Gasteiger partial charge in [0.1, 0.15) is 5.75 Å². The summed E-state index contributed by atoms with van der Waals surface area (Å²) in [6.07, 6.45) is -0.886. The van der Waals surface area contributed by atoms with Crippen LogP contribution in [0.3, 0.4) is 0 Å². The summed E-state index contributed by atoms with van der Waals surface area (Å²) in [4.78, 5) is 10.4. The second kappa shape index (κ2) is 4.28. The zero-order valence-corrected chi connectivity index (χ0v) is 7.60. The summed E-state index contributed by atoms with van der Waals surface area (Å²) in [6.45, 7) is 1.44. The van der Waals surface area contributed by atoms with Gasteiger partial charge in [0.15, 0.2) is 6.10 Å². The van der Waals surface area contributed by atoms with Crippen LogP contribution in [0.5, 0.6) is 5.75 Å². The van der Waals surface area contributed by atoms with Crippen molar-refractivity contribution in [2.24, 2.45) is 0 Å². The number of rotatable bonds is 3. The molecule has 0 aliphatic heterocycles. The van der Waals surface area contributed by atoms with Crippen molar-refractivity contribution in [3.63, 3.8) is 0 Å². The molecule has 4 nitrogen and oxygen atoms in total. The highest BCUT2D eigenvalue weighted by molar-refractivity contribution is 5.72. The summed E-state index contributed by atoms with van der Waals surface area (Å²) in [5.74, 6) is -0.576. The molecule has 0 aromatic heterocycles. The first-order valence-electron chi connectivity index (χ1n) is 4.03. The van der Waals surface area contributed by atoms with Crippen LogP contribution in [0, 0.1) is 11.3 Å². The lowest BCUT2D eigenvalue weighted by molar-refractivity contribution is -0.144. The molecule has 0 radical (unpaired) electrons. The van der Waals surface area contributed by atoms with E-state index < -0.39 is 12.1 Å². The first-order valence-corrected chi connectivity index (χ1v) is 4.03. The van der Waals surface area contributed by atoms with Gasteiger partial charge in [-0.15, -0.1) is 0 Å². The molecule has 0 amide bonds. The summed E-state index contributed by atoms with van der Waals surface area (Å²) in [7, 11) is 0. The number of nitrogens with zero attached hydrogens (tertiary/aromatic N) is 1. The first-order chi connectivity index (χ1) is 6.63. The van der Waals surface area contributed by atoms with Gasteiger partial charge in [0.05, 0.1) is 11.6 Å². The van der Waals surface area contributed by atoms with Gasteiger partial charge in [0, 0.05) is 0 Å². The Morgan fingerprint density at radius 3 is 2.50 bits per heavy atom. The molecule has 1 N–H and O–H groups in total. The van der Waals surface area contributed by atoms with Gasteiger partial charge in [-0.2, -0.15) is 5.26 Å². The number of ether oxygens (including phenoxy) is 1. The van der Waals surface area contributed by atoms with E-state index >= 15 is 0 Å². The first kappa shape index (κ1) is 10.1. The standard InChI is InChI=1S/C10H9NO3/c1-7(10(12)13)14-9-4-2-8(6-11)3-5-9/h2-5,7H,1H3,(H,12,13)/t7-/m1/s1. The Morgan fingerprint density at radius 1 is 1.50 bits per heavy atom. The van der Waals surface area contributed by atoms with Crippen molar-refractivity contribution in [1.82, 2.24) is 0 Å². The highest BCUT2D eigenvalue weighted by Crippen LogP contribution is 2.13. The molecule has 0 fully saturated rings. The fourth-order valence-corrected chi connectivity index (χ4v) is 0.863. The van der Waals surface area contributed by atoms with Crippen molar-refractivity contribution < 1.29 is 14.6 Å². The molecule has 0 saturated carbocycles. The van der Waals surface area contributed by atoms with Crippen molar-refractivity contribution in [2.45, 2.75) is 13.0 Å². The Bertz CT molecular complexity index is 364. The molecular formula is C10H9NO3. The second-order valence-corrected chi connectivity index (χ2v) is 2.73. The predicted molar refractivity (Wildman–Crippen MR) is 48.9 cm³/mol. The van der Waals surface area contributed by atoms with Crippen LogP contribution in [0.25, 0.3) is 0 Å². The molecular weight excluding hydrogens is 182 g/mol. The monoisotopic (exact) mass is 191 g/mol. The van der Waals surface area contributed by atoms with E-state index in [1.165, 1.54) is 6.92 Å². The molecule has 0 unspecified atom stereocenters. The third-order valence-electron chi connectivity index (χ3n) is 1.64.